The molecular weight excluding hydrogens is 284 g/mol. The zero-order valence-electron chi connectivity index (χ0n) is 11.5. The first kappa shape index (κ1) is 13.6. The van der Waals surface area contributed by atoms with Gasteiger partial charge >= 0.3 is 0 Å². The molecule has 0 atom stereocenters. The van der Waals surface area contributed by atoms with Crippen LogP contribution in [0.15, 0.2) is 54.2 Å². The number of hydrogen-bond acceptors (Lipinski definition) is 5. The molecule has 5 heteroatoms. The van der Waals surface area contributed by atoms with Crippen molar-refractivity contribution in [3.05, 3.63) is 59.0 Å². The predicted molar refractivity (Wildman–Crippen MR) is 82.7 cm³/mol. The zero-order chi connectivity index (χ0) is 14.5. The molecule has 0 unspecified atom stereocenters. The second-order valence-corrected chi connectivity index (χ2v) is 5.31. The molecule has 0 radical (unpaired) electrons. The van der Waals surface area contributed by atoms with Crippen molar-refractivity contribution in [3.63, 3.8) is 0 Å². The zero-order valence-corrected chi connectivity index (χ0v) is 12.3. The van der Waals surface area contributed by atoms with Crippen LogP contribution in [-0.2, 0) is 6.61 Å². The van der Waals surface area contributed by atoms with Gasteiger partial charge in [-0.05, 0) is 23.6 Å². The van der Waals surface area contributed by atoms with Crippen LogP contribution >= 0.6 is 11.3 Å². The molecule has 2 heterocycles. The van der Waals surface area contributed by atoms with E-state index in [1.165, 1.54) is 0 Å². The van der Waals surface area contributed by atoms with E-state index < -0.39 is 0 Å². The molecule has 0 aliphatic rings. The van der Waals surface area contributed by atoms with Gasteiger partial charge in [-0.1, -0.05) is 18.2 Å². The molecule has 4 nitrogen and oxygen atoms in total. The fraction of sp³-hybridized carbons (Fsp3) is 0.125. The van der Waals surface area contributed by atoms with E-state index in [9.17, 15) is 0 Å². The maximum atomic E-state index is 5.82. The van der Waals surface area contributed by atoms with E-state index in [1.54, 1.807) is 30.8 Å². The average Bonchev–Trinajstić information content (AvgIpc) is 3.06. The van der Waals surface area contributed by atoms with Gasteiger partial charge in [-0.3, -0.25) is 0 Å². The highest BCUT2D eigenvalue weighted by molar-refractivity contribution is 7.09. The van der Waals surface area contributed by atoms with E-state index in [-0.39, 0.29) is 0 Å². The average molecular weight is 298 g/mol. The summed E-state index contributed by atoms with van der Waals surface area (Å²) in [7, 11) is 1.64. The highest BCUT2D eigenvalue weighted by atomic mass is 32.1. The Balaban J connectivity index is 1.92. The van der Waals surface area contributed by atoms with E-state index in [1.807, 2.05) is 41.8 Å². The van der Waals surface area contributed by atoms with Crippen molar-refractivity contribution in [2.45, 2.75) is 6.61 Å². The van der Waals surface area contributed by atoms with Crippen molar-refractivity contribution < 1.29 is 9.47 Å². The van der Waals surface area contributed by atoms with E-state index in [0.29, 0.717) is 18.2 Å². The number of ether oxygens (including phenoxy) is 2. The van der Waals surface area contributed by atoms with Crippen LogP contribution in [0.5, 0.6) is 11.6 Å². The van der Waals surface area contributed by atoms with Gasteiger partial charge in [0.15, 0.2) is 0 Å². The van der Waals surface area contributed by atoms with E-state index in [4.69, 9.17) is 9.47 Å². The second kappa shape index (κ2) is 6.37. The van der Waals surface area contributed by atoms with Crippen molar-refractivity contribution >= 4 is 11.3 Å². The molecule has 0 spiro atoms. The van der Waals surface area contributed by atoms with Gasteiger partial charge in [0.1, 0.15) is 18.1 Å². The van der Waals surface area contributed by atoms with Crippen molar-refractivity contribution in [3.8, 4) is 22.9 Å². The number of thiophene rings is 1. The molecule has 0 amide bonds. The Labute approximate surface area is 127 Å². The highest BCUT2D eigenvalue weighted by Gasteiger charge is 2.13. The van der Waals surface area contributed by atoms with Gasteiger partial charge in [0, 0.05) is 22.8 Å². The van der Waals surface area contributed by atoms with Gasteiger partial charge < -0.3 is 9.47 Å². The van der Waals surface area contributed by atoms with E-state index in [2.05, 4.69) is 9.97 Å². The van der Waals surface area contributed by atoms with Crippen LogP contribution in [0.4, 0.5) is 0 Å². The van der Waals surface area contributed by atoms with Crippen LogP contribution in [0.25, 0.3) is 11.3 Å². The van der Waals surface area contributed by atoms with Gasteiger partial charge in [-0.15, -0.1) is 11.3 Å². The maximum absolute atomic E-state index is 5.82. The molecule has 0 aliphatic carbocycles. The first-order valence-corrected chi connectivity index (χ1v) is 7.36. The maximum Gasteiger partial charge on any atom is 0.241 e. The predicted octanol–water partition coefficient (Wildman–Crippen LogP) is 3.79. The van der Waals surface area contributed by atoms with Gasteiger partial charge in [0.05, 0.1) is 7.11 Å². The number of benzene rings is 1. The van der Waals surface area contributed by atoms with Crippen LogP contribution in [0.3, 0.4) is 0 Å². The number of nitrogens with zero attached hydrogens (tertiary/aromatic N) is 2. The lowest BCUT2D eigenvalue weighted by molar-refractivity contribution is 0.297. The summed E-state index contributed by atoms with van der Waals surface area (Å²) in [5, 5.41) is 2.02. The number of methoxy groups -OCH3 is 1. The van der Waals surface area contributed by atoms with Gasteiger partial charge in [-0.25, -0.2) is 9.97 Å². The number of para-hydroxylation sites is 1. The van der Waals surface area contributed by atoms with E-state index in [0.717, 1.165) is 16.2 Å². The molecule has 106 valence electrons. The highest BCUT2D eigenvalue weighted by Crippen LogP contribution is 2.33. The SMILES string of the molecule is COc1ccccc1-c1nccnc1OCc1cccs1. The van der Waals surface area contributed by atoms with Gasteiger partial charge in [0.2, 0.25) is 5.88 Å². The summed E-state index contributed by atoms with van der Waals surface area (Å²) < 4.78 is 11.2. The first-order chi connectivity index (χ1) is 10.4. The first-order valence-electron chi connectivity index (χ1n) is 6.48. The lowest BCUT2D eigenvalue weighted by Crippen LogP contribution is -2.00. The summed E-state index contributed by atoms with van der Waals surface area (Å²) in [6, 6.07) is 11.7. The topological polar surface area (TPSA) is 44.2 Å². The number of hydrogen-bond donors (Lipinski definition) is 0. The molecule has 0 N–H and O–H groups in total. The van der Waals surface area contributed by atoms with Crippen LogP contribution in [-0.4, -0.2) is 17.1 Å². The summed E-state index contributed by atoms with van der Waals surface area (Å²) in [4.78, 5) is 9.83. The molecule has 0 saturated heterocycles. The molecular formula is C16H14N2O2S. The monoisotopic (exact) mass is 298 g/mol. The van der Waals surface area contributed by atoms with Crippen molar-refractivity contribution in [1.82, 2.24) is 9.97 Å². The fourth-order valence-electron chi connectivity index (χ4n) is 1.99. The van der Waals surface area contributed by atoms with E-state index >= 15 is 0 Å². The Morgan fingerprint density at radius 3 is 2.71 bits per heavy atom. The molecule has 3 rings (SSSR count). The number of aromatic nitrogens is 2. The third kappa shape index (κ3) is 3.03. The van der Waals surface area contributed by atoms with Crippen LogP contribution in [0.1, 0.15) is 4.88 Å². The Morgan fingerprint density at radius 2 is 1.90 bits per heavy atom. The Hall–Kier alpha value is -2.40. The third-order valence-electron chi connectivity index (χ3n) is 2.96. The minimum atomic E-state index is 0.485. The smallest absolute Gasteiger partial charge is 0.241 e. The molecule has 0 saturated carbocycles. The lowest BCUT2D eigenvalue weighted by atomic mass is 10.1. The Bertz CT molecular complexity index is 714. The molecule has 1 aromatic carbocycles. The third-order valence-corrected chi connectivity index (χ3v) is 3.81. The molecule has 0 aliphatic heterocycles. The van der Waals surface area contributed by atoms with Crippen molar-refractivity contribution in [2.24, 2.45) is 0 Å². The summed E-state index contributed by atoms with van der Waals surface area (Å²) in [5.74, 6) is 1.26. The molecule has 3 aromatic rings. The standard InChI is InChI=1S/C16H14N2O2S/c1-19-14-7-3-2-6-13(14)15-16(18-9-8-17-15)20-11-12-5-4-10-21-12/h2-10H,11H2,1H3. The minimum absolute atomic E-state index is 0.485. The summed E-state index contributed by atoms with van der Waals surface area (Å²) in [5.41, 5.74) is 1.56. The molecule has 21 heavy (non-hydrogen) atoms. The summed E-state index contributed by atoms with van der Waals surface area (Å²) in [6.45, 7) is 0.485. The Morgan fingerprint density at radius 1 is 1.05 bits per heavy atom. The summed E-state index contributed by atoms with van der Waals surface area (Å²) in [6.07, 6.45) is 3.28. The molecule has 2 aromatic heterocycles. The van der Waals surface area contributed by atoms with Crippen LogP contribution in [0.2, 0.25) is 0 Å². The lowest BCUT2D eigenvalue weighted by Gasteiger charge is -2.11. The largest absolute Gasteiger partial charge is 0.496 e. The van der Waals surface area contributed by atoms with Crippen molar-refractivity contribution in [1.29, 1.82) is 0 Å². The summed E-state index contributed by atoms with van der Waals surface area (Å²) >= 11 is 1.65. The van der Waals surface area contributed by atoms with Gasteiger partial charge in [0.25, 0.3) is 0 Å². The second-order valence-electron chi connectivity index (χ2n) is 4.28. The normalized spacial score (nSPS) is 10.3. The quantitative estimate of drug-likeness (QED) is 0.719. The van der Waals surface area contributed by atoms with Crippen LogP contribution < -0.4 is 9.47 Å². The van der Waals surface area contributed by atoms with Crippen molar-refractivity contribution in [2.75, 3.05) is 7.11 Å². The molecule has 0 fully saturated rings. The molecule has 0 bridgehead atoms. The minimum Gasteiger partial charge on any atom is -0.496 e. The fourth-order valence-corrected chi connectivity index (χ4v) is 2.61. The van der Waals surface area contributed by atoms with Crippen LogP contribution in [0, 0.1) is 0 Å². The number of rotatable bonds is 5. The Kier molecular flexibility index (Phi) is 4.12. The van der Waals surface area contributed by atoms with Gasteiger partial charge in [-0.2, -0.15) is 0 Å².